The third-order valence-electron chi connectivity index (χ3n) is 6.00. The van der Waals surface area contributed by atoms with Crippen LogP contribution in [-0.4, -0.2) is 23.1 Å². The van der Waals surface area contributed by atoms with Crippen molar-refractivity contribution in [3.63, 3.8) is 0 Å². The van der Waals surface area contributed by atoms with E-state index in [9.17, 15) is 19.5 Å². The van der Waals surface area contributed by atoms with Crippen LogP contribution in [0, 0.1) is 0 Å². The minimum absolute atomic E-state index is 0.0288. The van der Waals surface area contributed by atoms with Gasteiger partial charge in [0.25, 0.3) is 5.56 Å². The van der Waals surface area contributed by atoms with Gasteiger partial charge in [-0.3, -0.25) is 9.36 Å². The molecule has 0 amide bonds. The summed E-state index contributed by atoms with van der Waals surface area (Å²) in [4.78, 5) is 42.8. The average molecular weight is 548 g/mol. The van der Waals surface area contributed by atoms with Gasteiger partial charge in [0.1, 0.15) is 17.6 Å². The van der Waals surface area contributed by atoms with Crippen LogP contribution in [0.3, 0.4) is 0 Å². The molecule has 0 saturated carbocycles. The Hall–Kier alpha value is -4.21. The average Bonchev–Trinajstić information content (AvgIpc) is 3.48. The number of carboxylic acid groups (broad SMARTS) is 1. The Kier molecular flexibility index (Phi) is 6.88. The summed E-state index contributed by atoms with van der Waals surface area (Å²) in [5.74, 6) is -1.03. The SMILES string of the molecule is CCOC(=O)C1=C(C)N=c2s/c(=C\c3ccc(-c4cccc(C(=O)[O-])c4)o3)c(=O)n2[C@H]1c1ccccc1Cl. The second-order valence-electron chi connectivity index (χ2n) is 8.39. The van der Waals surface area contributed by atoms with Gasteiger partial charge in [0.2, 0.25) is 0 Å². The standard InChI is InChI=1S/C28H21ClN2O6S/c1-3-36-27(35)23-15(2)30-28-31(24(23)19-9-4-5-10-20(19)29)25(32)22(38-28)14-18-11-12-21(37-18)16-7-6-8-17(13-16)26(33)34/h4-14,24H,3H2,1-2H3,(H,33,34)/p-1/b22-14-/t24-/m0/s1. The lowest BCUT2D eigenvalue weighted by Crippen LogP contribution is -2.40. The lowest BCUT2D eigenvalue weighted by molar-refractivity contribution is -0.255. The normalized spacial score (nSPS) is 15.2. The van der Waals surface area contributed by atoms with Crippen LogP contribution < -0.4 is 20.0 Å². The lowest BCUT2D eigenvalue weighted by Gasteiger charge is -2.25. The van der Waals surface area contributed by atoms with E-state index < -0.39 is 18.0 Å². The molecule has 10 heteroatoms. The molecule has 0 spiro atoms. The summed E-state index contributed by atoms with van der Waals surface area (Å²) in [6.07, 6.45) is 1.59. The highest BCUT2D eigenvalue weighted by Gasteiger charge is 2.34. The Balaban J connectivity index is 1.63. The van der Waals surface area contributed by atoms with Crippen LogP contribution in [0.5, 0.6) is 0 Å². The number of thiazole rings is 1. The minimum atomic E-state index is -1.29. The van der Waals surface area contributed by atoms with Crippen molar-refractivity contribution in [3.05, 3.63) is 114 Å². The first-order chi connectivity index (χ1) is 18.3. The molecular weight excluding hydrogens is 528 g/mol. The van der Waals surface area contributed by atoms with Crippen LogP contribution in [0.4, 0.5) is 0 Å². The molecule has 192 valence electrons. The first-order valence-corrected chi connectivity index (χ1v) is 12.8. The third-order valence-corrected chi connectivity index (χ3v) is 7.33. The van der Waals surface area contributed by atoms with E-state index in [1.54, 1.807) is 68.5 Å². The molecule has 0 aliphatic carbocycles. The molecule has 0 radical (unpaired) electrons. The second-order valence-corrected chi connectivity index (χ2v) is 9.81. The highest BCUT2D eigenvalue weighted by Crippen LogP contribution is 2.34. The number of nitrogens with zero attached hydrogens (tertiary/aromatic N) is 2. The van der Waals surface area contributed by atoms with Gasteiger partial charge in [-0.25, -0.2) is 9.79 Å². The van der Waals surface area contributed by atoms with Crippen molar-refractivity contribution in [2.24, 2.45) is 4.99 Å². The van der Waals surface area contributed by atoms with E-state index in [1.807, 2.05) is 0 Å². The predicted octanol–water partition coefficient (Wildman–Crippen LogP) is 3.08. The number of halogens is 1. The van der Waals surface area contributed by atoms with Gasteiger partial charge in [-0.05, 0) is 49.2 Å². The van der Waals surface area contributed by atoms with E-state index in [1.165, 1.54) is 16.7 Å². The van der Waals surface area contributed by atoms with E-state index in [0.717, 1.165) is 11.3 Å². The molecule has 0 N–H and O–H groups in total. The minimum Gasteiger partial charge on any atom is -0.545 e. The number of benzene rings is 2. The summed E-state index contributed by atoms with van der Waals surface area (Å²) in [5, 5.41) is 11.6. The van der Waals surface area contributed by atoms with Crippen LogP contribution in [-0.2, 0) is 9.53 Å². The number of aromatic nitrogens is 1. The van der Waals surface area contributed by atoms with Gasteiger partial charge in [-0.15, -0.1) is 0 Å². The van der Waals surface area contributed by atoms with Crippen molar-refractivity contribution in [2.45, 2.75) is 19.9 Å². The van der Waals surface area contributed by atoms with Crippen molar-refractivity contribution in [1.82, 2.24) is 4.57 Å². The van der Waals surface area contributed by atoms with Crippen LogP contribution >= 0.6 is 22.9 Å². The Morgan fingerprint density at radius 1 is 1.18 bits per heavy atom. The first-order valence-electron chi connectivity index (χ1n) is 11.6. The number of rotatable bonds is 6. The number of allylic oxidation sites excluding steroid dienone is 1. The van der Waals surface area contributed by atoms with Gasteiger partial charge in [0.15, 0.2) is 4.80 Å². The first kappa shape index (κ1) is 25.4. The fourth-order valence-corrected chi connectivity index (χ4v) is 5.56. The molecule has 5 rings (SSSR count). The molecule has 3 heterocycles. The maximum Gasteiger partial charge on any atom is 0.338 e. The van der Waals surface area contributed by atoms with Gasteiger partial charge in [0.05, 0.1) is 28.4 Å². The summed E-state index contributed by atoms with van der Waals surface area (Å²) in [6, 6.07) is 15.8. The fourth-order valence-electron chi connectivity index (χ4n) is 4.30. The number of furan rings is 1. The Morgan fingerprint density at radius 3 is 2.71 bits per heavy atom. The Labute approximate surface area is 225 Å². The van der Waals surface area contributed by atoms with Gasteiger partial charge >= 0.3 is 5.97 Å². The van der Waals surface area contributed by atoms with Crippen LogP contribution in [0.25, 0.3) is 17.4 Å². The number of carboxylic acids is 1. The summed E-state index contributed by atoms with van der Waals surface area (Å²) in [7, 11) is 0. The van der Waals surface area contributed by atoms with E-state index in [0.29, 0.717) is 42.7 Å². The molecule has 0 saturated heterocycles. The molecule has 4 aromatic rings. The number of carbonyl (C=O) groups is 2. The molecule has 0 fully saturated rings. The molecule has 0 bridgehead atoms. The molecule has 8 nitrogen and oxygen atoms in total. The summed E-state index contributed by atoms with van der Waals surface area (Å²) >= 11 is 7.67. The zero-order valence-corrected chi connectivity index (χ0v) is 21.8. The molecule has 1 aliphatic rings. The van der Waals surface area contributed by atoms with Gasteiger partial charge in [-0.2, -0.15) is 0 Å². The number of hydrogen-bond acceptors (Lipinski definition) is 8. The molecular formula is C28H20ClN2O6S-. The second kappa shape index (κ2) is 10.3. The molecule has 1 aliphatic heterocycles. The summed E-state index contributed by atoms with van der Waals surface area (Å²) in [6.45, 7) is 3.58. The fraction of sp³-hybridized carbons (Fsp3) is 0.143. The maximum absolute atomic E-state index is 13.7. The van der Waals surface area contributed by atoms with Crippen LogP contribution in [0.2, 0.25) is 5.02 Å². The largest absolute Gasteiger partial charge is 0.545 e. The van der Waals surface area contributed by atoms with Crippen molar-refractivity contribution < 1.29 is 23.8 Å². The van der Waals surface area contributed by atoms with Crippen molar-refractivity contribution in [2.75, 3.05) is 6.61 Å². The number of esters is 1. The summed E-state index contributed by atoms with van der Waals surface area (Å²) < 4.78 is 13.0. The number of carbonyl (C=O) groups excluding carboxylic acids is 2. The van der Waals surface area contributed by atoms with Gasteiger partial charge in [-0.1, -0.05) is 59.3 Å². The van der Waals surface area contributed by atoms with Gasteiger partial charge < -0.3 is 19.1 Å². The van der Waals surface area contributed by atoms with Crippen LogP contribution in [0.15, 0.2) is 86.1 Å². The third kappa shape index (κ3) is 4.62. The van der Waals surface area contributed by atoms with Crippen LogP contribution in [0.1, 0.15) is 41.6 Å². The highest BCUT2D eigenvalue weighted by molar-refractivity contribution is 7.07. The number of ether oxygens (including phenoxy) is 1. The van der Waals surface area contributed by atoms with Gasteiger partial charge in [0, 0.05) is 16.7 Å². The van der Waals surface area contributed by atoms with E-state index in [4.69, 9.17) is 20.8 Å². The van der Waals surface area contributed by atoms with E-state index in [2.05, 4.69) is 4.99 Å². The number of aromatic carboxylic acids is 1. The molecule has 38 heavy (non-hydrogen) atoms. The zero-order chi connectivity index (χ0) is 27.0. The Bertz CT molecular complexity index is 1800. The van der Waals surface area contributed by atoms with Crippen molar-refractivity contribution in [1.29, 1.82) is 0 Å². The van der Waals surface area contributed by atoms with E-state index in [-0.39, 0.29) is 23.3 Å². The highest BCUT2D eigenvalue weighted by atomic mass is 35.5. The topological polar surface area (TPSA) is 114 Å². The predicted molar refractivity (Wildman–Crippen MR) is 140 cm³/mol. The zero-order valence-electron chi connectivity index (χ0n) is 20.3. The lowest BCUT2D eigenvalue weighted by atomic mass is 9.96. The molecule has 0 unspecified atom stereocenters. The number of fused-ring (bicyclic) bond motifs is 1. The molecule has 2 aromatic carbocycles. The van der Waals surface area contributed by atoms with Crippen molar-refractivity contribution >= 4 is 41.0 Å². The Morgan fingerprint density at radius 2 is 1.97 bits per heavy atom. The summed E-state index contributed by atoms with van der Waals surface area (Å²) in [5.41, 5.74) is 1.47. The molecule has 1 atom stereocenters. The number of hydrogen-bond donors (Lipinski definition) is 0. The monoisotopic (exact) mass is 547 g/mol. The molecule has 2 aromatic heterocycles. The van der Waals surface area contributed by atoms with Crippen molar-refractivity contribution in [3.8, 4) is 11.3 Å². The van der Waals surface area contributed by atoms with E-state index >= 15 is 0 Å². The smallest absolute Gasteiger partial charge is 0.338 e. The quantitative estimate of drug-likeness (QED) is 0.343. The maximum atomic E-state index is 13.7.